The number of nitrogens with two attached hydrogens (primary N) is 1. The number of furan rings is 1. The zero-order valence-electron chi connectivity index (χ0n) is 9.77. The Bertz CT molecular complexity index is 550. The van der Waals surface area contributed by atoms with Crippen LogP contribution >= 0.6 is 0 Å². The summed E-state index contributed by atoms with van der Waals surface area (Å²) in [5.41, 5.74) is 11.1. The topological polar surface area (TPSA) is 177 Å². The molecule has 1 aromatic heterocycles. The van der Waals surface area contributed by atoms with E-state index in [1.165, 1.54) is 18.7 Å². The number of nitro groups is 1. The van der Waals surface area contributed by atoms with Gasteiger partial charge in [0.25, 0.3) is 5.96 Å². The van der Waals surface area contributed by atoms with Gasteiger partial charge in [-0.1, -0.05) is 0 Å². The highest BCUT2D eigenvalue weighted by Gasteiger charge is 2.12. The lowest BCUT2D eigenvalue weighted by Crippen LogP contribution is -2.50. The third kappa shape index (κ3) is 5.26. The molecule has 1 aromatic rings. The van der Waals surface area contributed by atoms with Crippen LogP contribution in [-0.2, 0) is 9.59 Å². The van der Waals surface area contributed by atoms with Gasteiger partial charge in [-0.15, -0.1) is 0 Å². The zero-order valence-corrected chi connectivity index (χ0v) is 9.77. The largest absolute Gasteiger partial charge is 0.472 e. The maximum atomic E-state index is 11.2. The minimum absolute atomic E-state index is 0.575. The molecule has 0 saturated carbocycles. The SMILES string of the molecule is N/C(=N/[N+](=O)[O-])NNC(=O)C(=O)N/N=C/c1ccoc1. The maximum absolute atomic E-state index is 11.2. The first kappa shape index (κ1) is 14.6. The fraction of sp³-hybridized carbons (Fsp3) is 0. The van der Waals surface area contributed by atoms with Crippen LogP contribution in [0.15, 0.2) is 33.2 Å². The second kappa shape index (κ2) is 7.10. The molecule has 2 amide bonds. The van der Waals surface area contributed by atoms with E-state index in [4.69, 9.17) is 10.2 Å². The van der Waals surface area contributed by atoms with Gasteiger partial charge in [-0.2, -0.15) is 5.10 Å². The number of guanidine groups is 1. The highest BCUT2D eigenvalue weighted by molar-refractivity contribution is 6.35. The molecule has 0 aromatic carbocycles. The lowest BCUT2D eigenvalue weighted by Gasteiger charge is -2.03. The Kier molecular flexibility index (Phi) is 5.19. The van der Waals surface area contributed by atoms with Crippen LogP contribution in [-0.4, -0.2) is 29.0 Å². The fourth-order valence-electron chi connectivity index (χ4n) is 0.855. The van der Waals surface area contributed by atoms with E-state index < -0.39 is 22.8 Å². The number of carbonyl (C=O) groups is 2. The molecule has 12 nitrogen and oxygen atoms in total. The van der Waals surface area contributed by atoms with Gasteiger partial charge in [0.05, 0.1) is 18.7 Å². The van der Waals surface area contributed by atoms with Gasteiger partial charge in [0.15, 0.2) is 5.03 Å². The van der Waals surface area contributed by atoms with Crippen molar-refractivity contribution >= 4 is 24.0 Å². The molecule has 20 heavy (non-hydrogen) atoms. The number of hydrogen-bond donors (Lipinski definition) is 4. The Hall–Kier alpha value is -3.44. The molecule has 0 atom stereocenters. The van der Waals surface area contributed by atoms with Crippen molar-refractivity contribution in [1.82, 2.24) is 16.3 Å². The summed E-state index contributed by atoms with van der Waals surface area (Å²) in [5, 5.41) is 14.9. The predicted octanol–water partition coefficient (Wildman–Crippen LogP) is -2.14. The second-order valence-corrected chi connectivity index (χ2v) is 3.06. The van der Waals surface area contributed by atoms with Gasteiger partial charge in [-0.3, -0.25) is 20.4 Å². The van der Waals surface area contributed by atoms with Gasteiger partial charge in [0.1, 0.15) is 5.10 Å². The number of nitrogens with zero attached hydrogens (tertiary/aromatic N) is 3. The molecular weight excluding hydrogens is 274 g/mol. The monoisotopic (exact) mass is 283 g/mol. The molecule has 0 unspecified atom stereocenters. The number of amides is 2. The van der Waals surface area contributed by atoms with Crippen LogP contribution in [0.4, 0.5) is 0 Å². The summed E-state index contributed by atoms with van der Waals surface area (Å²) >= 11 is 0. The van der Waals surface area contributed by atoms with Crippen LogP contribution in [0.5, 0.6) is 0 Å². The Labute approximate surface area is 110 Å². The standard InChI is InChI=1S/C8H9N7O5/c9-8(14-15(18)19)13-12-7(17)6(16)11-10-3-5-1-2-20-4-5/h1-4H,(H,11,16)(H,12,17)(H3,9,13,14)/b10-3+. The summed E-state index contributed by atoms with van der Waals surface area (Å²) < 4.78 is 4.74. The first-order valence-electron chi connectivity index (χ1n) is 4.89. The number of hydrazone groups is 2. The van der Waals surface area contributed by atoms with E-state index >= 15 is 0 Å². The Morgan fingerprint density at radius 3 is 2.75 bits per heavy atom. The van der Waals surface area contributed by atoms with Crippen molar-refractivity contribution in [3.05, 3.63) is 34.3 Å². The van der Waals surface area contributed by atoms with E-state index in [0.717, 1.165) is 0 Å². The quantitative estimate of drug-likeness (QED) is 0.161. The lowest BCUT2D eigenvalue weighted by atomic mass is 10.4. The van der Waals surface area contributed by atoms with Gasteiger partial charge >= 0.3 is 11.8 Å². The van der Waals surface area contributed by atoms with Gasteiger partial charge in [-0.05, 0) is 6.07 Å². The van der Waals surface area contributed by atoms with Crippen LogP contribution in [0.25, 0.3) is 0 Å². The van der Waals surface area contributed by atoms with E-state index in [-0.39, 0.29) is 0 Å². The highest BCUT2D eigenvalue weighted by atomic mass is 16.7. The van der Waals surface area contributed by atoms with Crippen molar-refractivity contribution in [3.8, 4) is 0 Å². The molecule has 5 N–H and O–H groups in total. The molecule has 106 valence electrons. The molecule has 0 bridgehead atoms. The summed E-state index contributed by atoms with van der Waals surface area (Å²) in [6, 6.07) is 1.58. The Morgan fingerprint density at radius 1 is 1.40 bits per heavy atom. The van der Waals surface area contributed by atoms with E-state index in [1.54, 1.807) is 11.5 Å². The molecule has 0 aliphatic heterocycles. The van der Waals surface area contributed by atoms with Crippen LogP contribution in [0.1, 0.15) is 5.56 Å². The zero-order chi connectivity index (χ0) is 15.0. The summed E-state index contributed by atoms with van der Waals surface area (Å²) in [6.07, 6.45) is 4.01. The normalized spacial score (nSPS) is 11.1. The molecule has 0 spiro atoms. The van der Waals surface area contributed by atoms with Crippen LogP contribution in [0, 0.1) is 10.1 Å². The Balaban J connectivity index is 2.36. The average Bonchev–Trinajstić information content (AvgIpc) is 2.88. The molecule has 1 heterocycles. The van der Waals surface area contributed by atoms with Crippen molar-refractivity contribution in [2.75, 3.05) is 0 Å². The number of rotatable bonds is 3. The van der Waals surface area contributed by atoms with E-state index in [0.29, 0.717) is 5.56 Å². The summed E-state index contributed by atoms with van der Waals surface area (Å²) in [7, 11) is 0. The van der Waals surface area contributed by atoms with Crippen LogP contribution < -0.4 is 22.0 Å². The molecule has 0 aliphatic rings. The predicted molar refractivity (Wildman–Crippen MR) is 64.3 cm³/mol. The molecule has 0 radical (unpaired) electrons. The van der Waals surface area contributed by atoms with E-state index in [1.807, 2.05) is 10.9 Å². The minimum atomic E-state index is -1.17. The smallest absolute Gasteiger partial charge is 0.331 e. The minimum Gasteiger partial charge on any atom is -0.472 e. The van der Waals surface area contributed by atoms with Gasteiger partial charge in [0.2, 0.25) is 0 Å². The van der Waals surface area contributed by atoms with Crippen molar-refractivity contribution < 1.29 is 19.0 Å². The highest BCUT2D eigenvalue weighted by Crippen LogP contribution is 1.94. The molecular formula is C8H9N7O5. The summed E-state index contributed by atoms with van der Waals surface area (Å²) in [5.74, 6) is -2.99. The summed E-state index contributed by atoms with van der Waals surface area (Å²) in [4.78, 5) is 32.3. The van der Waals surface area contributed by atoms with Gasteiger partial charge < -0.3 is 10.2 Å². The molecule has 12 heteroatoms. The first-order valence-corrected chi connectivity index (χ1v) is 4.89. The number of nitrogens with one attached hydrogen (secondary N) is 3. The number of hydrazine groups is 1. The van der Waals surface area contributed by atoms with Crippen molar-refractivity contribution in [2.45, 2.75) is 0 Å². The Morgan fingerprint density at radius 2 is 2.15 bits per heavy atom. The summed E-state index contributed by atoms with van der Waals surface area (Å²) in [6.45, 7) is 0. The van der Waals surface area contributed by atoms with Crippen molar-refractivity contribution in [2.24, 2.45) is 15.9 Å². The lowest BCUT2D eigenvalue weighted by molar-refractivity contribution is -0.485. The van der Waals surface area contributed by atoms with E-state index in [2.05, 4.69) is 10.2 Å². The molecule has 0 saturated heterocycles. The fourth-order valence-corrected chi connectivity index (χ4v) is 0.855. The first-order chi connectivity index (χ1) is 9.49. The number of hydrogen-bond acceptors (Lipinski definition) is 6. The van der Waals surface area contributed by atoms with Gasteiger partial charge in [-0.25, -0.2) is 15.5 Å². The second-order valence-electron chi connectivity index (χ2n) is 3.06. The third-order valence-corrected chi connectivity index (χ3v) is 1.62. The van der Waals surface area contributed by atoms with E-state index in [9.17, 15) is 19.7 Å². The molecule has 1 rings (SSSR count). The number of carbonyl (C=O) groups excluding carboxylic acids is 2. The third-order valence-electron chi connectivity index (χ3n) is 1.62. The maximum Gasteiger partial charge on any atom is 0.331 e. The molecule has 0 aliphatic carbocycles. The van der Waals surface area contributed by atoms with Crippen molar-refractivity contribution in [1.29, 1.82) is 0 Å². The van der Waals surface area contributed by atoms with Crippen LogP contribution in [0.2, 0.25) is 0 Å². The van der Waals surface area contributed by atoms with Gasteiger partial charge in [0, 0.05) is 5.56 Å². The van der Waals surface area contributed by atoms with Crippen LogP contribution in [0.3, 0.4) is 0 Å². The average molecular weight is 283 g/mol. The van der Waals surface area contributed by atoms with Crippen molar-refractivity contribution in [3.63, 3.8) is 0 Å². The molecule has 0 fully saturated rings.